The minimum absolute atomic E-state index is 0.484. The first-order valence-electron chi connectivity index (χ1n) is 12.2. The molecule has 0 saturated carbocycles. The number of aliphatic hydroxyl groups is 6. The Morgan fingerprint density at radius 3 is 1.94 bits per heavy atom. The molecule has 0 radical (unpaired) electrons. The van der Waals surface area contributed by atoms with Gasteiger partial charge in [-0.05, 0) is 26.8 Å². The van der Waals surface area contributed by atoms with Crippen LogP contribution in [0.5, 0.6) is 0 Å². The Kier molecular flexibility index (Phi) is 10.4. The summed E-state index contributed by atoms with van der Waals surface area (Å²) >= 11 is 0. The SMILES string of the molecule is CCCN[C@@H]1OC(N)[C@@H](O[C@H]2OC([C@@H](C)O)[C@@H](O)C(O)C2N)C(O[C@@H]2O[C@H]([C@H](C)N)C(O)C2O)C1O. The molecule has 3 fully saturated rings. The van der Waals surface area contributed by atoms with Gasteiger partial charge in [0.15, 0.2) is 12.6 Å². The Morgan fingerprint density at radius 2 is 1.39 bits per heavy atom. The van der Waals surface area contributed by atoms with E-state index in [9.17, 15) is 30.6 Å². The molecule has 15 nitrogen and oxygen atoms in total. The molecular formula is C21H42N4O11. The second kappa shape index (κ2) is 12.5. The summed E-state index contributed by atoms with van der Waals surface area (Å²) in [7, 11) is 0. The summed E-state index contributed by atoms with van der Waals surface area (Å²) in [6.07, 6.45) is -17.4. The smallest absolute Gasteiger partial charge is 0.187 e. The van der Waals surface area contributed by atoms with E-state index in [0.29, 0.717) is 6.54 Å². The number of hydrogen-bond acceptors (Lipinski definition) is 15. The molecule has 15 heteroatoms. The third-order valence-electron chi connectivity index (χ3n) is 6.71. The van der Waals surface area contributed by atoms with Crippen LogP contribution >= 0.6 is 0 Å². The lowest BCUT2D eigenvalue weighted by atomic mass is 9.94. The largest absolute Gasteiger partial charge is 0.391 e. The van der Waals surface area contributed by atoms with Crippen molar-refractivity contribution in [2.24, 2.45) is 17.2 Å². The molecule has 0 aromatic heterocycles. The molecule has 3 aliphatic heterocycles. The Labute approximate surface area is 209 Å². The van der Waals surface area contributed by atoms with Gasteiger partial charge in [0.1, 0.15) is 67.4 Å². The van der Waals surface area contributed by atoms with Crippen molar-refractivity contribution in [3.05, 3.63) is 0 Å². The Balaban J connectivity index is 1.83. The molecule has 3 saturated heterocycles. The van der Waals surface area contributed by atoms with E-state index in [2.05, 4.69) is 5.32 Å². The quantitative estimate of drug-likeness (QED) is 0.134. The van der Waals surface area contributed by atoms with Crippen LogP contribution in [0.2, 0.25) is 0 Å². The molecule has 16 atom stereocenters. The summed E-state index contributed by atoms with van der Waals surface area (Å²) in [6.45, 7) is 5.36. The van der Waals surface area contributed by atoms with Crippen LogP contribution in [-0.2, 0) is 23.7 Å². The van der Waals surface area contributed by atoms with Gasteiger partial charge in [-0.15, -0.1) is 0 Å². The minimum Gasteiger partial charge on any atom is -0.391 e. The molecule has 13 N–H and O–H groups in total. The predicted molar refractivity (Wildman–Crippen MR) is 122 cm³/mol. The van der Waals surface area contributed by atoms with Crippen LogP contribution in [-0.4, -0.2) is 135 Å². The van der Waals surface area contributed by atoms with Gasteiger partial charge in [-0.3, -0.25) is 5.32 Å². The average Bonchev–Trinajstić information content (AvgIpc) is 3.10. The lowest BCUT2D eigenvalue weighted by Gasteiger charge is -2.48. The molecule has 3 heterocycles. The predicted octanol–water partition coefficient (Wildman–Crippen LogP) is -5.29. The summed E-state index contributed by atoms with van der Waals surface area (Å²) in [5.74, 6) is 0. The molecule has 0 aromatic rings. The number of hydrogen-bond donors (Lipinski definition) is 10. The van der Waals surface area contributed by atoms with Gasteiger partial charge in [-0.2, -0.15) is 0 Å². The van der Waals surface area contributed by atoms with Crippen molar-refractivity contribution in [1.82, 2.24) is 5.32 Å². The van der Waals surface area contributed by atoms with Crippen LogP contribution in [0.15, 0.2) is 0 Å². The highest BCUT2D eigenvalue weighted by molar-refractivity contribution is 4.98. The van der Waals surface area contributed by atoms with E-state index in [-0.39, 0.29) is 0 Å². The van der Waals surface area contributed by atoms with Crippen LogP contribution in [0.1, 0.15) is 27.2 Å². The third kappa shape index (κ3) is 6.17. The number of rotatable bonds is 9. The van der Waals surface area contributed by atoms with Gasteiger partial charge in [0.05, 0.1) is 12.1 Å². The van der Waals surface area contributed by atoms with E-state index >= 15 is 0 Å². The van der Waals surface area contributed by atoms with Gasteiger partial charge in [-0.1, -0.05) is 6.92 Å². The molecule has 0 spiro atoms. The zero-order valence-electron chi connectivity index (χ0n) is 20.6. The van der Waals surface area contributed by atoms with Gasteiger partial charge in [0.25, 0.3) is 0 Å². The van der Waals surface area contributed by atoms with Gasteiger partial charge in [-0.25, -0.2) is 0 Å². The van der Waals surface area contributed by atoms with Crippen LogP contribution < -0.4 is 22.5 Å². The molecule has 0 bridgehead atoms. The summed E-state index contributed by atoms with van der Waals surface area (Å²) in [4.78, 5) is 0. The third-order valence-corrected chi connectivity index (χ3v) is 6.71. The van der Waals surface area contributed by atoms with Gasteiger partial charge >= 0.3 is 0 Å². The average molecular weight is 527 g/mol. The summed E-state index contributed by atoms with van der Waals surface area (Å²) < 4.78 is 28.7. The van der Waals surface area contributed by atoms with Crippen molar-refractivity contribution < 1.29 is 54.3 Å². The molecule has 3 rings (SSSR count). The standard InChI is InChI=1S/C21H42N4O11/c1-4-5-25-19-13(31)16(34-21-12(30)11(29)14(32-21)6(2)22)17(18(24)36-19)35-20-8(23)9(27)10(28)15(33-20)7(3)26/h6-21,25-31H,4-5,22-24H2,1-3H3/t6-,7+,8?,9?,10-,11?,12?,13?,14+,15?,16?,17-,18?,19+,20+,21-/m0/s1. The highest BCUT2D eigenvalue weighted by atomic mass is 16.7. The van der Waals surface area contributed by atoms with Crippen LogP contribution in [0, 0.1) is 0 Å². The van der Waals surface area contributed by atoms with Crippen molar-refractivity contribution in [2.75, 3.05) is 6.54 Å². The Hall–Kier alpha value is -0.600. The summed E-state index contributed by atoms with van der Waals surface area (Å²) in [5.41, 5.74) is 18.1. The van der Waals surface area contributed by atoms with Crippen LogP contribution in [0.25, 0.3) is 0 Å². The van der Waals surface area contributed by atoms with Crippen molar-refractivity contribution >= 4 is 0 Å². The van der Waals surface area contributed by atoms with E-state index in [1.807, 2.05) is 6.92 Å². The zero-order valence-corrected chi connectivity index (χ0v) is 20.6. The van der Waals surface area contributed by atoms with Crippen LogP contribution in [0.4, 0.5) is 0 Å². The normalized spacial score (nSPS) is 49.7. The molecule has 0 aromatic carbocycles. The van der Waals surface area contributed by atoms with E-state index in [4.69, 9.17) is 40.9 Å². The fraction of sp³-hybridized carbons (Fsp3) is 1.00. The van der Waals surface area contributed by atoms with Crippen molar-refractivity contribution in [3.8, 4) is 0 Å². The first-order chi connectivity index (χ1) is 16.9. The highest BCUT2D eigenvalue weighted by Gasteiger charge is 2.54. The minimum atomic E-state index is -1.51. The van der Waals surface area contributed by atoms with Crippen LogP contribution in [0.3, 0.4) is 0 Å². The van der Waals surface area contributed by atoms with E-state index < -0.39 is 98.2 Å². The lowest BCUT2D eigenvalue weighted by molar-refractivity contribution is -0.342. The second-order valence-corrected chi connectivity index (χ2v) is 9.75. The molecule has 8 unspecified atom stereocenters. The molecule has 3 aliphatic rings. The number of nitrogens with two attached hydrogens (primary N) is 3. The maximum Gasteiger partial charge on any atom is 0.187 e. The first-order valence-corrected chi connectivity index (χ1v) is 12.2. The Bertz CT molecular complexity index is 694. The number of aliphatic hydroxyl groups excluding tert-OH is 6. The fourth-order valence-electron chi connectivity index (χ4n) is 4.61. The van der Waals surface area contributed by atoms with Gasteiger partial charge < -0.3 is 71.5 Å². The van der Waals surface area contributed by atoms with Crippen molar-refractivity contribution in [1.29, 1.82) is 0 Å². The topological polar surface area (TPSA) is 258 Å². The van der Waals surface area contributed by atoms with Gasteiger partial charge in [0, 0.05) is 6.04 Å². The lowest BCUT2D eigenvalue weighted by Crippen LogP contribution is -2.69. The van der Waals surface area contributed by atoms with E-state index in [1.54, 1.807) is 6.92 Å². The monoisotopic (exact) mass is 526 g/mol. The summed E-state index contributed by atoms with van der Waals surface area (Å²) in [6, 6.07) is -1.89. The van der Waals surface area contributed by atoms with E-state index in [0.717, 1.165) is 6.42 Å². The first kappa shape index (κ1) is 29.9. The summed E-state index contributed by atoms with van der Waals surface area (Å²) in [5, 5.41) is 65.4. The second-order valence-electron chi connectivity index (χ2n) is 9.75. The number of nitrogens with one attached hydrogen (secondary N) is 1. The molecular weight excluding hydrogens is 484 g/mol. The van der Waals surface area contributed by atoms with Crippen molar-refractivity contribution in [3.63, 3.8) is 0 Å². The zero-order chi connectivity index (χ0) is 26.9. The van der Waals surface area contributed by atoms with Crippen molar-refractivity contribution in [2.45, 2.75) is 125 Å². The molecule has 0 amide bonds. The molecule has 0 aliphatic carbocycles. The molecule has 36 heavy (non-hydrogen) atoms. The maximum absolute atomic E-state index is 11.1. The fourth-order valence-corrected chi connectivity index (χ4v) is 4.61. The maximum atomic E-state index is 11.1. The molecule has 212 valence electrons. The Morgan fingerprint density at radius 1 is 0.806 bits per heavy atom. The van der Waals surface area contributed by atoms with Gasteiger partial charge in [0.2, 0.25) is 0 Å². The number of ether oxygens (including phenoxy) is 5. The highest BCUT2D eigenvalue weighted by Crippen LogP contribution is 2.32. The van der Waals surface area contributed by atoms with E-state index in [1.165, 1.54) is 6.92 Å².